The van der Waals surface area contributed by atoms with Crippen LogP contribution in [0.3, 0.4) is 0 Å². The molecule has 33 heavy (non-hydrogen) atoms. The van der Waals surface area contributed by atoms with Crippen LogP contribution < -0.4 is 14.4 Å². The first-order valence-electron chi connectivity index (χ1n) is 10.2. The van der Waals surface area contributed by atoms with Crippen molar-refractivity contribution in [3.63, 3.8) is 0 Å². The predicted molar refractivity (Wildman–Crippen MR) is 123 cm³/mol. The monoisotopic (exact) mass is 467 g/mol. The van der Waals surface area contributed by atoms with E-state index in [1.165, 1.54) is 0 Å². The second-order valence-corrected chi connectivity index (χ2v) is 9.23. The largest absolute Gasteiger partial charge is 0.424 e. The van der Waals surface area contributed by atoms with Gasteiger partial charge in [-0.3, -0.25) is 9.82 Å². The summed E-state index contributed by atoms with van der Waals surface area (Å²) in [4.78, 5) is 15.8. The molecule has 1 aliphatic rings. The summed E-state index contributed by atoms with van der Waals surface area (Å²) < 4.78 is 36.6. The van der Waals surface area contributed by atoms with Crippen LogP contribution in [0.1, 0.15) is 0 Å². The van der Waals surface area contributed by atoms with E-state index in [9.17, 15) is 8.42 Å². The maximum atomic E-state index is 11.4. The lowest BCUT2D eigenvalue weighted by Gasteiger charge is -2.27. The molecule has 0 bridgehead atoms. The molecule has 3 heterocycles. The Morgan fingerprint density at radius 1 is 1.06 bits per heavy atom. The number of hydrogen-bond donors (Lipinski definition) is 2. The molecule has 0 spiro atoms. The van der Waals surface area contributed by atoms with E-state index in [1.54, 1.807) is 30.5 Å². The van der Waals surface area contributed by atoms with Crippen molar-refractivity contribution in [2.45, 2.75) is 0 Å². The highest BCUT2D eigenvalue weighted by Gasteiger charge is 2.19. The Kier molecular flexibility index (Phi) is 5.52. The van der Waals surface area contributed by atoms with Crippen molar-refractivity contribution in [1.29, 1.82) is 0 Å². The van der Waals surface area contributed by atoms with Crippen molar-refractivity contribution in [2.75, 3.05) is 42.2 Å². The van der Waals surface area contributed by atoms with E-state index in [-0.39, 0.29) is 6.01 Å². The lowest BCUT2D eigenvalue weighted by molar-refractivity contribution is 0.122. The van der Waals surface area contributed by atoms with Gasteiger partial charge in [0.2, 0.25) is 16.0 Å². The molecule has 5 rings (SSSR count). The van der Waals surface area contributed by atoms with Gasteiger partial charge in [-0.2, -0.15) is 20.1 Å². The van der Waals surface area contributed by atoms with Crippen LogP contribution in [0.25, 0.3) is 22.3 Å². The molecule has 2 aromatic carbocycles. The molecule has 11 nitrogen and oxygen atoms in total. The summed E-state index contributed by atoms with van der Waals surface area (Å²) in [6, 6.07) is 12.4. The number of H-pyrrole nitrogens is 1. The molecule has 0 saturated carbocycles. The molecule has 1 fully saturated rings. The van der Waals surface area contributed by atoms with E-state index in [4.69, 9.17) is 14.5 Å². The summed E-state index contributed by atoms with van der Waals surface area (Å²) >= 11 is 0. The number of benzene rings is 2. The fraction of sp³-hybridized carbons (Fsp3) is 0.238. The van der Waals surface area contributed by atoms with Crippen molar-refractivity contribution in [1.82, 2.24) is 25.1 Å². The molecule has 0 aliphatic carbocycles. The number of anilines is 2. The minimum absolute atomic E-state index is 0.130. The number of nitrogens with zero attached hydrogens (tertiary/aromatic N) is 5. The molecule has 2 aromatic heterocycles. The van der Waals surface area contributed by atoms with E-state index in [0.29, 0.717) is 49.5 Å². The summed E-state index contributed by atoms with van der Waals surface area (Å²) in [6.07, 6.45) is 2.83. The Morgan fingerprint density at radius 2 is 1.85 bits per heavy atom. The van der Waals surface area contributed by atoms with Gasteiger partial charge in [-0.05, 0) is 30.3 Å². The molecule has 1 saturated heterocycles. The van der Waals surface area contributed by atoms with Gasteiger partial charge in [0.15, 0.2) is 5.82 Å². The normalized spacial score (nSPS) is 14.4. The quantitative estimate of drug-likeness (QED) is 0.438. The molecule has 170 valence electrons. The molecule has 12 heteroatoms. The SMILES string of the molecule is CS(=O)(=O)Nc1ccc(Oc2nc(-c3cccc4[nH]ncc34)nc(N3CCOCC3)n2)cc1. The topological polar surface area (TPSA) is 135 Å². The Labute approximate surface area is 189 Å². The molecule has 0 amide bonds. The molecule has 0 unspecified atom stereocenters. The third-order valence-electron chi connectivity index (χ3n) is 4.99. The first-order valence-corrected chi connectivity index (χ1v) is 12.1. The van der Waals surface area contributed by atoms with Crippen molar-refractivity contribution >= 4 is 32.6 Å². The van der Waals surface area contributed by atoms with Crippen LogP contribution in [0.4, 0.5) is 11.6 Å². The number of hydrogen-bond acceptors (Lipinski definition) is 9. The number of aromatic amines is 1. The van der Waals surface area contributed by atoms with Crippen LogP contribution in [0.5, 0.6) is 11.8 Å². The average Bonchev–Trinajstić information content (AvgIpc) is 3.29. The summed E-state index contributed by atoms with van der Waals surface area (Å²) in [5.41, 5.74) is 2.11. The van der Waals surface area contributed by atoms with Crippen LogP contribution in [0.2, 0.25) is 0 Å². The second kappa shape index (κ2) is 8.64. The van der Waals surface area contributed by atoms with Gasteiger partial charge in [-0.25, -0.2) is 8.42 Å². The van der Waals surface area contributed by atoms with Crippen LogP contribution in [-0.4, -0.2) is 66.1 Å². The third-order valence-corrected chi connectivity index (χ3v) is 5.60. The minimum atomic E-state index is -3.36. The van der Waals surface area contributed by atoms with Crippen molar-refractivity contribution in [3.05, 3.63) is 48.7 Å². The number of aromatic nitrogens is 5. The summed E-state index contributed by atoms with van der Waals surface area (Å²) in [6.45, 7) is 2.49. The van der Waals surface area contributed by atoms with Gasteiger partial charge in [0.25, 0.3) is 0 Å². The first-order chi connectivity index (χ1) is 15.9. The third kappa shape index (κ3) is 4.86. The summed E-state index contributed by atoms with van der Waals surface area (Å²) in [5.74, 6) is 1.42. The van der Waals surface area contributed by atoms with Crippen LogP contribution in [0.15, 0.2) is 48.7 Å². The molecular formula is C21H21N7O4S. The Morgan fingerprint density at radius 3 is 2.61 bits per heavy atom. The number of rotatable bonds is 6. The van der Waals surface area contributed by atoms with Crippen LogP contribution in [-0.2, 0) is 14.8 Å². The van der Waals surface area contributed by atoms with E-state index in [0.717, 1.165) is 22.7 Å². The predicted octanol–water partition coefficient (Wildman–Crippen LogP) is 2.42. The number of morpholine rings is 1. The van der Waals surface area contributed by atoms with Crippen LogP contribution in [0, 0.1) is 0 Å². The van der Waals surface area contributed by atoms with Crippen molar-refractivity contribution in [2.24, 2.45) is 0 Å². The molecular weight excluding hydrogens is 446 g/mol. The van der Waals surface area contributed by atoms with Crippen LogP contribution >= 0.6 is 0 Å². The zero-order valence-corrected chi connectivity index (χ0v) is 18.5. The maximum Gasteiger partial charge on any atom is 0.327 e. The molecule has 0 atom stereocenters. The van der Waals surface area contributed by atoms with Gasteiger partial charge in [0, 0.05) is 29.7 Å². The second-order valence-electron chi connectivity index (χ2n) is 7.48. The summed E-state index contributed by atoms with van der Waals surface area (Å²) in [5, 5.41) is 7.96. The van der Waals surface area contributed by atoms with E-state index < -0.39 is 10.0 Å². The fourth-order valence-electron chi connectivity index (χ4n) is 3.49. The molecule has 1 aliphatic heterocycles. The lowest BCUT2D eigenvalue weighted by Crippen LogP contribution is -2.37. The van der Waals surface area contributed by atoms with Gasteiger partial charge in [-0.1, -0.05) is 12.1 Å². The number of nitrogens with one attached hydrogen (secondary N) is 2. The lowest BCUT2D eigenvalue weighted by atomic mass is 10.1. The van der Waals surface area contributed by atoms with Gasteiger partial charge >= 0.3 is 6.01 Å². The highest BCUT2D eigenvalue weighted by atomic mass is 32.2. The molecule has 2 N–H and O–H groups in total. The average molecular weight is 468 g/mol. The first kappa shape index (κ1) is 21.1. The Hall–Kier alpha value is -3.77. The highest BCUT2D eigenvalue weighted by Crippen LogP contribution is 2.29. The number of ether oxygens (including phenoxy) is 2. The summed E-state index contributed by atoms with van der Waals surface area (Å²) in [7, 11) is -3.36. The van der Waals surface area contributed by atoms with E-state index in [2.05, 4.69) is 24.9 Å². The zero-order valence-electron chi connectivity index (χ0n) is 17.7. The van der Waals surface area contributed by atoms with Crippen molar-refractivity contribution in [3.8, 4) is 23.1 Å². The zero-order chi connectivity index (χ0) is 22.8. The number of sulfonamides is 1. The smallest absolute Gasteiger partial charge is 0.327 e. The van der Waals surface area contributed by atoms with Gasteiger partial charge < -0.3 is 14.4 Å². The number of fused-ring (bicyclic) bond motifs is 1. The van der Waals surface area contributed by atoms with Gasteiger partial charge in [0.05, 0.1) is 31.2 Å². The Bertz CT molecular complexity index is 1380. The van der Waals surface area contributed by atoms with Gasteiger partial charge in [-0.15, -0.1) is 0 Å². The minimum Gasteiger partial charge on any atom is -0.424 e. The standard InChI is InChI=1S/C21H21N7O4S/c1-33(29,30)27-14-5-7-15(8-6-14)32-21-24-19(16-3-2-4-18-17(16)13-22-26-18)23-20(25-21)28-9-11-31-12-10-28/h2-8,13,27H,9-12H2,1H3,(H,22,26). The maximum absolute atomic E-state index is 11.4. The molecule has 4 aromatic rings. The van der Waals surface area contributed by atoms with Crippen molar-refractivity contribution < 1.29 is 17.9 Å². The van der Waals surface area contributed by atoms with E-state index >= 15 is 0 Å². The Balaban J connectivity index is 1.51. The molecule has 0 radical (unpaired) electrons. The van der Waals surface area contributed by atoms with E-state index in [1.807, 2.05) is 23.1 Å². The fourth-order valence-corrected chi connectivity index (χ4v) is 4.05. The van der Waals surface area contributed by atoms with Gasteiger partial charge in [0.1, 0.15) is 5.75 Å². The highest BCUT2D eigenvalue weighted by molar-refractivity contribution is 7.92.